The molecule has 7 nitrogen and oxygen atoms in total. The van der Waals surface area contributed by atoms with Crippen molar-refractivity contribution < 1.29 is 17.6 Å². The molecule has 0 aliphatic carbocycles. The van der Waals surface area contributed by atoms with E-state index in [-0.39, 0.29) is 29.0 Å². The van der Waals surface area contributed by atoms with E-state index >= 15 is 0 Å². The topological polar surface area (TPSA) is 102 Å². The van der Waals surface area contributed by atoms with Crippen molar-refractivity contribution in [2.24, 2.45) is 0 Å². The molecule has 0 aliphatic heterocycles. The number of nitrogens with one attached hydrogen (secondary N) is 1. The predicted octanol–water partition coefficient (Wildman–Crippen LogP) is 4.50. The van der Waals surface area contributed by atoms with E-state index in [2.05, 4.69) is 15.5 Å². The largest absolute Gasteiger partial charge is 0.403 e. The molecule has 0 bridgehead atoms. The van der Waals surface area contributed by atoms with Crippen LogP contribution in [0, 0.1) is 0 Å². The SMILES string of the molecule is O=C(CCS(=O)(=O)c1ccc(Cl)cc1)Nc1nnc(-c2ccc(Cl)cc2Cl)o1. The Kier molecular flexibility index (Phi) is 6.24. The molecule has 0 unspecified atom stereocenters. The Morgan fingerprint density at radius 1 is 1.00 bits per heavy atom. The van der Waals surface area contributed by atoms with Gasteiger partial charge >= 0.3 is 6.01 Å². The van der Waals surface area contributed by atoms with Crippen LogP contribution in [0.4, 0.5) is 6.01 Å². The van der Waals surface area contributed by atoms with Gasteiger partial charge in [0.15, 0.2) is 9.84 Å². The van der Waals surface area contributed by atoms with Crippen molar-refractivity contribution in [2.45, 2.75) is 11.3 Å². The predicted molar refractivity (Wildman–Crippen MR) is 107 cm³/mol. The van der Waals surface area contributed by atoms with Gasteiger partial charge in [0.2, 0.25) is 5.91 Å². The lowest BCUT2D eigenvalue weighted by molar-refractivity contribution is -0.115. The van der Waals surface area contributed by atoms with E-state index in [0.29, 0.717) is 20.6 Å². The molecule has 146 valence electrons. The van der Waals surface area contributed by atoms with Crippen LogP contribution in [0.2, 0.25) is 15.1 Å². The van der Waals surface area contributed by atoms with Crippen molar-refractivity contribution in [1.82, 2.24) is 10.2 Å². The number of sulfone groups is 1. The fourth-order valence-electron chi connectivity index (χ4n) is 2.21. The van der Waals surface area contributed by atoms with Gasteiger partial charge in [-0.15, -0.1) is 5.10 Å². The molecular weight excluding hydrogens is 449 g/mol. The van der Waals surface area contributed by atoms with Gasteiger partial charge in [0.05, 0.1) is 21.2 Å². The Morgan fingerprint density at radius 2 is 1.68 bits per heavy atom. The summed E-state index contributed by atoms with van der Waals surface area (Å²) in [5.41, 5.74) is 0.449. The average Bonchev–Trinajstić information content (AvgIpc) is 3.08. The lowest BCUT2D eigenvalue weighted by Crippen LogP contribution is -2.17. The second kappa shape index (κ2) is 8.48. The molecule has 1 amide bonds. The summed E-state index contributed by atoms with van der Waals surface area (Å²) < 4.78 is 29.9. The quantitative estimate of drug-likeness (QED) is 0.581. The molecule has 0 atom stereocenters. The molecule has 0 saturated carbocycles. The molecule has 0 aliphatic rings. The van der Waals surface area contributed by atoms with E-state index in [9.17, 15) is 13.2 Å². The summed E-state index contributed by atoms with van der Waals surface area (Å²) in [6.45, 7) is 0. The van der Waals surface area contributed by atoms with Crippen molar-refractivity contribution >= 4 is 56.6 Å². The minimum absolute atomic E-state index is 0.0853. The second-order valence-electron chi connectivity index (χ2n) is 5.61. The van der Waals surface area contributed by atoms with Gasteiger partial charge in [-0.05, 0) is 42.5 Å². The van der Waals surface area contributed by atoms with Crippen LogP contribution in [0.5, 0.6) is 0 Å². The fraction of sp³-hybridized carbons (Fsp3) is 0.118. The van der Waals surface area contributed by atoms with Crippen molar-refractivity contribution in [3.8, 4) is 11.5 Å². The van der Waals surface area contributed by atoms with E-state index in [1.807, 2.05) is 0 Å². The number of carbonyl (C=O) groups is 1. The zero-order chi connectivity index (χ0) is 20.3. The van der Waals surface area contributed by atoms with Crippen LogP contribution in [0.3, 0.4) is 0 Å². The number of amides is 1. The summed E-state index contributed by atoms with van der Waals surface area (Å²) in [5, 5.41) is 11.0. The summed E-state index contributed by atoms with van der Waals surface area (Å²) in [6.07, 6.45) is -0.287. The summed E-state index contributed by atoms with van der Waals surface area (Å²) in [6, 6.07) is 10.3. The molecule has 0 saturated heterocycles. The van der Waals surface area contributed by atoms with E-state index in [1.54, 1.807) is 12.1 Å². The second-order valence-corrected chi connectivity index (χ2v) is 9.00. The first-order valence-corrected chi connectivity index (χ1v) is 10.6. The number of anilines is 1. The van der Waals surface area contributed by atoms with Gasteiger partial charge in [0.25, 0.3) is 5.89 Å². The lowest BCUT2D eigenvalue weighted by atomic mass is 10.2. The van der Waals surface area contributed by atoms with E-state index in [4.69, 9.17) is 39.2 Å². The number of benzene rings is 2. The summed E-state index contributed by atoms with van der Waals surface area (Å²) in [5.74, 6) is -0.884. The summed E-state index contributed by atoms with van der Waals surface area (Å²) >= 11 is 17.7. The first-order valence-electron chi connectivity index (χ1n) is 7.82. The smallest absolute Gasteiger partial charge is 0.322 e. The van der Waals surface area contributed by atoms with Crippen LogP contribution in [0.1, 0.15) is 6.42 Å². The molecule has 28 heavy (non-hydrogen) atoms. The Labute approximate surface area is 175 Å². The van der Waals surface area contributed by atoms with Gasteiger partial charge in [-0.25, -0.2) is 8.42 Å². The van der Waals surface area contributed by atoms with Crippen molar-refractivity contribution in [2.75, 3.05) is 11.1 Å². The van der Waals surface area contributed by atoms with Crippen LogP contribution in [-0.2, 0) is 14.6 Å². The maximum Gasteiger partial charge on any atom is 0.322 e. The third kappa shape index (κ3) is 5.02. The van der Waals surface area contributed by atoms with Crippen LogP contribution in [0.15, 0.2) is 51.8 Å². The highest BCUT2D eigenvalue weighted by Gasteiger charge is 2.18. The first kappa shape index (κ1) is 20.6. The lowest BCUT2D eigenvalue weighted by Gasteiger charge is -2.04. The van der Waals surface area contributed by atoms with Crippen molar-refractivity contribution in [1.29, 1.82) is 0 Å². The van der Waals surface area contributed by atoms with Crippen molar-refractivity contribution in [3.05, 3.63) is 57.5 Å². The Hall–Kier alpha value is -2.13. The van der Waals surface area contributed by atoms with Crippen molar-refractivity contribution in [3.63, 3.8) is 0 Å². The first-order chi connectivity index (χ1) is 13.2. The minimum Gasteiger partial charge on any atom is -0.403 e. The highest BCUT2D eigenvalue weighted by atomic mass is 35.5. The number of halogens is 3. The molecule has 1 N–H and O–H groups in total. The molecular formula is C17H12Cl3N3O4S. The third-order valence-corrected chi connectivity index (χ3v) is 6.14. The molecule has 0 fully saturated rings. The van der Waals surface area contributed by atoms with Crippen LogP contribution < -0.4 is 5.32 Å². The maximum atomic E-state index is 12.3. The highest BCUT2D eigenvalue weighted by molar-refractivity contribution is 7.91. The number of rotatable bonds is 6. The summed E-state index contributed by atoms with van der Waals surface area (Å²) in [7, 11) is -3.63. The number of hydrogen-bond donors (Lipinski definition) is 1. The number of aromatic nitrogens is 2. The zero-order valence-corrected chi connectivity index (χ0v) is 17.1. The molecule has 0 spiro atoms. The van der Waals surface area contributed by atoms with Gasteiger partial charge in [-0.2, -0.15) is 0 Å². The third-order valence-electron chi connectivity index (χ3n) is 3.60. The molecule has 11 heteroatoms. The van der Waals surface area contributed by atoms with Gasteiger partial charge in [-0.3, -0.25) is 10.1 Å². The maximum absolute atomic E-state index is 12.3. The van der Waals surface area contributed by atoms with E-state index < -0.39 is 15.7 Å². The monoisotopic (exact) mass is 459 g/mol. The van der Waals surface area contributed by atoms with Gasteiger partial charge in [0.1, 0.15) is 0 Å². The highest BCUT2D eigenvalue weighted by Crippen LogP contribution is 2.30. The van der Waals surface area contributed by atoms with Gasteiger partial charge in [-0.1, -0.05) is 39.9 Å². The summed E-state index contributed by atoms with van der Waals surface area (Å²) in [4.78, 5) is 12.1. The molecule has 3 aromatic rings. The number of nitrogens with zero attached hydrogens (tertiary/aromatic N) is 2. The zero-order valence-electron chi connectivity index (χ0n) is 14.0. The van der Waals surface area contributed by atoms with Crippen LogP contribution >= 0.6 is 34.8 Å². The van der Waals surface area contributed by atoms with E-state index in [1.165, 1.54) is 30.3 Å². The number of hydrogen-bond acceptors (Lipinski definition) is 6. The average molecular weight is 461 g/mol. The number of carbonyl (C=O) groups excluding carboxylic acids is 1. The van der Waals surface area contributed by atoms with Gasteiger partial charge < -0.3 is 4.42 Å². The molecule has 1 heterocycles. The van der Waals surface area contributed by atoms with Crippen LogP contribution in [-0.4, -0.2) is 30.3 Å². The minimum atomic E-state index is -3.63. The van der Waals surface area contributed by atoms with Gasteiger partial charge in [0, 0.05) is 16.5 Å². The Bertz CT molecular complexity index is 1110. The molecule has 1 aromatic heterocycles. The van der Waals surface area contributed by atoms with Crippen LogP contribution in [0.25, 0.3) is 11.5 Å². The fourth-order valence-corrected chi connectivity index (χ4v) is 4.07. The standard InChI is InChI=1S/C17H12Cl3N3O4S/c18-10-1-4-12(5-2-10)28(25,26)8-7-15(24)21-17-23-22-16(27-17)13-6-3-11(19)9-14(13)20/h1-6,9H,7-8H2,(H,21,23,24). The molecule has 3 rings (SSSR count). The molecule has 0 radical (unpaired) electrons. The van der Waals surface area contributed by atoms with E-state index in [0.717, 1.165) is 0 Å². The molecule has 2 aromatic carbocycles. The Morgan fingerprint density at radius 3 is 2.36 bits per heavy atom. The normalized spacial score (nSPS) is 11.4. The Balaban J connectivity index is 1.62.